The molecular weight excluding hydrogens is 392 g/mol. The number of nitriles is 1. The van der Waals surface area contributed by atoms with Crippen molar-refractivity contribution in [3.63, 3.8) is 0 Å². The van der Waals surface area contributed by atoms with Gasteiger partial charge in [0.15, 0.2) is 0 Å². The molecule has 0 saturated heterocycles. The monoisotopic (exact) mass is 422 g/mol. The van der Waals surface area contributed by atoms with E-state index in [-0.39, 0.29) is 5.92 Å². The van der Waals surface area contributed by atoms with E-state index in [1.807, 2.05) is 24.3 Å². The maximum absolute atomic E-state index is 9.88. The Morgan fingerprint density at radius 2 is 1.69 bits per heavy atom. The van der Waals surface area contributed by atoms with Crippen LogP contribution in [0.4, 0.5) is 0 Å². The maximum Gasteiger partial charge on any atom is 0.328 e. The van der Waals surface area contributed by atoms with Crippen molar-refractivity contribution < 1.29 is 19.8 Å². The van der Waals surface area contributed by atoms with Gasteiger partial charge in [-0.2, -0.15) is 5.26 Å². The molecule has 0 amide bonds. The minimum absolute atomic E-state index is 0.235. The number of carboxylic acids is 2. The zero-order valence-corrected chi connectivity index (χ0v) is 18.3. The van der Waals surface area contributed by atoms with Gasteiger partial charge in [0.25, 0.3) is 0 Å². The average molecular weight is 423 g/mol. The molecule has 0 aromatic heterocycles. The van der Waals surface area contributed by atoms with Crippen LogP contribution in [0.25, 0.3) is 0 Å². The summed E-state index contributed by atoms with van der Waals surface area (Å²) in [4.78, 5) is 21.5. The molecule has 0 saturated carbocycles. The van der Waals surface area contributed by atoms with Crippen molar-refractivity contribution in [1.29, 1.82) is 5.26 Å². The molecule has 1 unspecified atom stereocenters. The molecule has 1 rings (SSSR count). The van der Waals surface area contributed by atoms with Crippen molar-refractivity contribution in [2.24, 2.45) is 5.92 Å². The highest BCUT2D eigenvalue weighted by atomic mass is 35.5. The molecule has 1 aromatic rings. The third-order valence-electron chi connectivity index (χ3n) is 4.85. The van der Waals surface area contributed by atoms with E-state index in [0.29, 0.717) is 17.2 Å². The Labute approximate surface area is 178 Å². The quantitative estimate of drug-likeness (QED) is 0.534. The highest BCUT2D eigenvalue weighted by molar-refractivity contribution is 6.31. The summed E-state index contributed by atoms with van der Waals surface area (Å²) in [5.41, 5.74) is 0.481. The van der Waals surface area contributed by atoms with Gasteiger partial charge in [0, 0.05) is 17.2 Å². The van der Waals surface area contributed by atoms with Crippen molar-refractivity contribution in [3.05, 3.63) is 47.0 Å². The largest absolute Gasteiger partial charge is 0.478 e. The highest BCUT2D eigenvalue weighted by Gasteiger charge is 2.37. The van der Waals surface area contributed by atoms with Crippen LogP contribution in [-0.2, 0) is 15.0 Å². The lowest BCUT2D eigenvalue weighted by Crippen LogP contribution is -2.33. The van der Waals surface area contributed by atoms with E-state index in [1.165, 1.54) is 0 Å². The molecule has 1 atom stereocenters. The second-order valence-corrected chi connectivity index (χ2v) is 7.27. The van der Waals surface area contributed by atoms with Crippen LogP contribution in [0.2, 0.25) is 5.02 Å². The van der Waals surface area contributed by atoms with Gasteiger partial charge >= 0.3 is 11.9 Å². The molecule has 7 heteroatoms. The summed E-state index contributed by atoms with van der Waals surface area (Å²) < 4.78 is 0. The van der Waals surface area contributed by atoms with Gasteiger partial charge in [-0.05, 0) is 50.0 Å². The number of benzene rings is 1. The van der Waals surface area contributed by atoms with Gasteiger partial charge in [-0.1, -0.05) is 57.5 Å². The van der Waals surface area contributed by atoms with E-state index in [2.05, 4.69) is 38.7 Å². The molecule has 0 bridgehead atoms. The van der Waals surface area contributed by atoms with E-state index >= 15 is 0 Å². The van der Waals surface area contributed by atoms with Crippen molar-refractivity contribution in [2.75, 3.05) is 19.6 Å². The predicted octanol–water partition coefficient (Wildman–Crippen LogP) is 4.59. The molecule has 0 heterocycles. The van der Waals surface area contributed by atoms with Crippen LogP contribution in [-0.4, -0.2) is 46.7 Å². The van der Waals surface area contributed by atoms with Crippen molar-refractivity contribution >= 4 is 23.5 Å². The second-order valence-electron chi connectivity index (χ2n) is 6.86. The zero-order valence-electron chi connectivity index (χ0n) is 17.6. The second kappa shape index (κ2) is 13.8. The molecule has 0 aliphatic rings. The van der Waals surface area contributed by atoms with Crippen molar-refractivity contribution in [3.8, 4) is 6.07 Å². The first-order chi connectivity index (χ1) is 13.6. The van der Waals surface area contributed by atoms with Crippen LogP contribution in [0, 0.1) is 17.2 Å². The van der Waals surface area contributed by atoms with Crippen LogP contribution < -0.4 is 0 Å². The molecule has 1 aromatic carbocycles. The lowest BCUT2D eigenvalue weighted by atomic mass is 9.70. The van der Waals surface area contributed by atoms with Gasteiger partial charge in [0.2, 0.25) is 0 Å². The Hall–Kier alpha value is -2.36. The Kier molecular flexibility index (Phi) is 12.6. The number of halogens is 1. The summed E-state index contributed by atoms with van der Waals surface area (Å²) in [5.74, 6) is -2.28. The lowest BCUT2D eigenvalue weighted by Gasteiger charge is -2.33. The lowest BCUT2D eigenvalue weighted by molar-refractivity contribution is -0.134. The van der Waals surface area contributed by atoms with E-state index in [9.17, 15) is 14.9 Å². The smallest absolute Gasteiger partial charge is 0.328 e. The summed E-state index contributed by atoms with van der Waals surface area (Å²) >= 11 is 6.37. The Morgan fingerprint density at radius 3 is 2.07 bits per heavy atom. The zero-order chi connectivity index (χ0) is 22.4. The Bertz CT molecular complexity index is 708. The molecule has 0 aliphatic heterocycles. The van der Waals surface area contributed by atoms with Crippen molar-refractivity contribution in [1.82, 2.24) is 4.90 Å². The number of aliphatic carboxylic acids is 2. The topological polar surface area (TPSA) is 102 Å². The number of hydrogen-bond donors (Lipinski definition) is 2. The van der Waals surface area contributed by atoms with E-state index in [1.54, 1.807) is 0 Å². The van der Waals surface area contributed by atoms with Crippen LogP contribution in [0.5, 0.6) is 0 Å². The highest BCUT2D eigenvalue weighted by Crippen LogP contribution is 2.40. The van der Waals surface area contributed by atoms with Crippen LogP contribution >= 0.6 is 11.6 Å². The van der Waals surface area contributed by atoms with E-state index < -0.39 is 17.4 Å². The molecular formula is C22H31ClN2O4. The third-order valence-corrected chi connectivity index (χ3v) is 5.18. The fourth-order valence-electron chi connectivity index (χ4n) is 3.07. The fraction of sp³-hybridized carbons (Fsp3) is 0.500. The number of rotatable bonds is 10. The molecule has 0 aliphatic carbocycles. The first-order valence-corrected chi connectivity index (χ1v) is 10.0. The van der Waals surface area contributed by atoms with Gasteiger partial charge in [-0.15, -0.1) is 0 Å². The summed E-state index contributed by atoms with van der Waals surface area (Å²) in [6.07, 6.45) is 2.98. The molecule has 2 N–H and O–H groups in total. The molecule has 0 spiro atoms. The molecule has 29 heavy (non-hydrogen) atoms. The standard InChI is InChI=1S/C18H27ClN2.C4H4O4/c1-5-21(6-2)13-9-12-18(14-20,15(3)4)16-10-7-8-11-17(16)19;5-3(6)1-2-4(7)8/h7-8,10-11,15H,5-6,9,12-13H2,1-4H3;1-2H,(H,5,6)(H,7,8)/b;2-1+. The summed E-state index contributed by atoms with van der Waals surface area (Å²) in [7, 11) is 0. The minimum Gasteiger partial charge on any atom is -0.478 e. The van der Waals surface area contributed by atoms with Gasteiger partial charge in [-0.25, -0.2) is 9.59 Å². The van der Waals surface area contributed by atoms with E-state index in [4.69, 9.17) is 21.8 Å². The molecule has 6 nitrogen and oxygen atoms in total. The number of nitrogens with zero attached hydrogens (tertiary/aromatic N) is 2. The number of carbonyl (C=O) groups is 2. The summed E-state index contributed by atoms with van der Waals surface area (Å²) in [6.45, 7) is 11.7. The molecule has 0 radical (unpaired) electrons. The van der Waals surface area contributed by atoms with Gasteiger partial charge in [-0.3, -0.25) is 0 Å². The average Bonchev–Trinajstić information content (AvgIpc) is 2.68. The van der Waals surface area contributed by atoms with Crippen LogP contribution in [0.15, 0.2) is 36.4 Å². The SMILES string of the molecule is CCN(CC)CCCC(C#N)(c1ccccc1Cl)C(C)C.O=C(O)/C=C/C(=O)O. The predicted molar refractivity (Wildman–Crippen MR) is 115 cm³/mol. The first-order valence-electron chi connectivity index (χ1n) is 9.67. The Morgan fingerprint density at radius 1 is 1.17 bits per heavy atom. The minimum atomic E-state index is -1.26. The fourth-order valence-corrected chi connectivity index (χ4v) is 3.37. The summed E-state index contributed by atoms with van der Waals surface area (Å²) in [6, 6.07) is 10.4. The van der Waals surface area contributed by atoms with Gasteiger partial charge in [0.05, 0.1) is 11.5 Å². The van der Waals surface area contributed by atoms with Crippen LogP contribution in [0.1, 0.15) is 46.1 Å². The van der Waals surface area contributed by atoms with Crippen molar-refractivity contribution in [2.45, 2.75) is 46.0 Å². The summed E-state index contributed by atoms with van der Waals surface area (Å²) in [5, 5.41) is 26.2. The third kappa shape index (κ3) is 9.12. The van der Waals surface area contributed by atoms with Crippen LogP contribution in [0.3, 0.4) is 0 Å². The van der Waals surface area contributed by atoms with Gasteiger partial charge < -0.3 is 15.1 Å². The first kappa shape index (κ1) is 26.6. The normalized spacial score (nSPS) is 12.9. The molecule has 160 valence electrons. The number of hydrogen-bond acceptors (Lipinski definition) is 4. The van der Waals surface area contributed by atoms with E-state index in [0.717, 1.165) is 38.0 Å². The Balaban J connectivity index is 0.000000828. The van der Waals surface area contributed by atoms with Gasteiger partial charge in [0.1, 0.15) is 0 Å². The maximum atomic E-state index is 9.88. The molecule has 0 fully saturated rings. The number of carboxylic acid groups (broad SMARTS) is 2.